The Morgan fingerprint density at radius 3 is 2.53 bits per heavy atom. The van der Waals surface area contributed by atoms with Gasteiger partial charge in [-0.3, -0.25) is 5.10 Å². The van der Waals surface area contributed by atoms with Crippen LogP contribution < -0.4 is 10.6 Å². The van der Waals surface area contributed by atoms with Crippen molar-refractivity contribution in [2.45, 2.75) is 11.2 Å². The molecule has 2 aliphatic rings. The third kappa shape index (κ3) is 5.50. The lowest BCUT2D eigenvalue weighted by Crippen LogP contribution is -2.54. The van der Waals surface area contributed by atoms with Crippen LogP contribution in [0.4, 0.5) is 5.82 Å². The van der Waals surface area contributed by atoms with E-state index in [1.54, 1.807) is 17.8 Å². The molecule has 1 atom stereocenters. The minimum absolute atomic E-state index is 0.496. The predicted octanol–water partition coefficient (Wildman–Crippen LogP) is 4.43. The van der Waals surface area contributed by atoms with Gasteiger partial charge in [0.05, 0.1) is 15.7 Å². The fourth-order valence-electron chi connectivity index (χ4n) is 3.65. The highest BCUT2D eigenvalue weighted by molar-refractivity contribution is 8.13. The first-order valence-electron chi connectivity index (χ1n) is 10.9. The molecule has 0 amide bonds. The van der Waals surface area contributed by atoms with Gasteiger partial charge in [0.15, 0.2) is 11.0 Å². The number of thioether (sulfide) groups is 1. The van der Waals surface area contributed by atoms with Crippen LogP contribution in [0.1, 0.15) is 0 Å². The molecule has 3 N–H and O–H groups in total. The Labute approximate surface area is 212 Å². The van der Waals surface area contributed by atoms with E-state index in [1.165, 1.54) is 0 Å². The number of H-pyrrole nitrogens is 1. The zero-order valence-corrected chi connectivity index (χ0v) is 20.8. The molecule has 8 nitrogen and oxygen atoms in total. The van der Waals surface area contributed by atoms with Gasteiger partial charge >= 0.3 is 0 Å². The number of aromatic amines is 1. The molecule has 11 heteroatoms. The first-order valence-corrected chi connectivity index (χ1v) is 12.5. The molecule has 0 aliphatic carbocycles. The minimum atomic E-state index is -0.507. The monoisotopic (exact) mass is 514 g/mol. The van der Waals surface area contributed by atoms with E-state index in [-0.39, 0.29) is 0 Å². The van der Waals surface area contributed by atoms with Gasteiger partial charge in [-0.25, -0.2) is 9.98 Å². The van der Waals surface area contributed by atoms with Gasteiger partial charge in [0.1, 0.15) is 0 Å². The largest absolute Gasteiger partial charge is 0.340 e. The summed E-state index contributed by atoms with van der Waals surface area (Å²) in [7, 11) is 2.14. The second-order valence-electron chi connectivity index (χ2n) is 8.03. The minimum Gasteiger partial charge on any atom is -0.340 e. The van der Waals surface area contributed by atoms with E-state index in [0.29, 0.717) is 15.9 Å². The van der Waals surface area contributed by atoms with Crippen molar-refractivity contribution in [3.63, 3.8) is 0 Å². The number of aliphatic imine (C=N–C) groups is 2. The third-order valence-corrected chi connectivity index (χ3v) is 7.20. The van der Waals surface area contributed by atoms with Crippen molar-refractivity contribution in [2.24, 2.45) is 9.98 Å². The van der Waals surface area contributed by atoms with Gasteiger partial charge in [0.25, 0.3) is 0 Å². The van der Waals surface area contributed by atoms with E-state index in [9.17, 15) is 0 Å². The topological polar surface area (TPSA) is 83.9 Å². The van der Waals surface area contributed by atoms with E-state index in [0.717, 1.165) is 53.5 Å². The quantitative estimate of drug-likeness (QED) is 0.477. The number of anilines is 1. The maximum atomic E-state index is 6.17. The van der Waals surface area contributed by atoms with Gasteiger partial charge in [-0.1, -0.05) is 59.2 Å². The maximum Gasteiger partial charge on any atom is 0.221 e. The first-order chi connectivity index (χ1) is 16.5. The van der Waals surface area contributed by atoms with Gasteiger partial charge in [0, 0.05) is 42.7 Å². The number of nitrogens with zero attached hydrogens (tertiary/aromatic N) is 5. The average Bonchev–Trinajstić information content (AvgIpc) is 3.30. The second-order valence-corrected chi connectivity index (χ2v) is 9.91. The van der Waals surface area contributed by atoms with E-state index < -0.39 is 6.29 Å². The lowest BCUT2D eigenvalue weighted by atomic mass is 10.1. The molecule has 3 heterocycles. The van der Waals surface area contributed by atoms with Crippen LogP contribution in [0.2, 0.25) is 10.0 Å². The Hall–Kier alpha value is -2.72. The molecule has 0 saturated carbocycles. The SMILES string of the molecule is CN1CCN(C2=NC(Nc3cc(-c4ccc(Cl)c(Cl)c4)[nH]n3)N=C(Sc3ccccc3)N2)CC1. The van der Waals surface area contributed by atoms with E-state index in [1.807, 2.05) is 36.4 Å². The maximum absolute atomic E-state index is 6.17. The number of benzene rings is 2. The summed E-state index contributed by atoms with van der Waals surface area (Å²) < 4.78 is 0. The number of guanidine groups is 1. The Morgan fingerprint density at radius 2 is 1.76 bits per heavy atom. The summed E-state index contributed by atoms with van der Waals surface area (Å²) in [5, 5.41) is 16.0. The number of nitrogens with one attached hydrogen (secondary N) is 3. The normalized spacial score (nSPS) is 18.8. The van der Waals surface area contributed by atoms with Crippen molar-refractivity contribution in [1.82, 2.24) is 25.3 Å². The number of amidine groups is 1. The van der Waals surface area contributed by atoms with Gasteiger partial charge in [0.2, 0.25) is 12.2 Å². The summed E-state index contributed by atoms with van der Waals surface area (Å²) >= 11 is 13.8. The fraction of sp³-hybridized carbons (Fsp3) is 0.261. The molecule has 3 aromatic rings. The van der Waals surface area contributed by atoms with Crippen LogP contribution in [0.5, 0.6) is 0 Å². The van der Waals surface area contributed by atoms with Crippen molar-refractivity contribution in [3.8, 4) is 11.3 Å². The Balaban J connectivity index is 1.36. The van der Waals surface area contributed by atoms with Gasteiger partial charge in [-0.05, 0) is 31.3 Å². The summed E-state index contributed by atoms with van der Waals surface area (Å²) in [4.78, 5) is 15.3. The van der Waals surface area contributed by atoms with Gasteiger partial charge < -0.3 is 20.4 Å². The summed E-state index contributed by atoms with van der Waals surface area (Å²) in [6, 6.07) is 17.6. The molecule has 34 heavy (non-hydrogen) atoms. The van der Waals surface area contributed by atoms with Crippen LogP contribution >= 0.6 is 35.0 Å². The van der Waals surface area contributed by atoms with Gasteiger partial charge in [-0.15, -0.1) is 0 Å². The summed E-state index contributed by atoms with van der Waals surface area (Å²) in [6.45, 7) is 3.79. The van der Waals surface area contributed by atoms with Crippen molar-refractivity contribution in [2.75, 3.05) is 38.5 Å². The predicted molar refractivity (Wildman–Crippen MR) is 141 cm³/mol. The molecule has 2 aromatic carbocycles. The second kappa shape index (κ2) is 10.3. The lowest BCUT2D eigenvalue weighted by Gasteiger charge is -2.36. The van der Waals surface area contributed by atoms with Crippen molar-refractivity contribution in [3.05, 3.63) is 64.6 Å². The molecule has 5 rings (SSSR count). The number of halogens is 2. The molecule has 2 aliphatic heterocycles. The number of piperazine rings is 1. The fourth-order valence-corrected chi connectivity index (χ4v) is 4.76. The van der Waals surface area contributed by atoms with Crippen LogP contribution in [0.3, 0.4) is 0 Å². The van der Waals surface area contributed by atoms with Crippen LogP contribution in [0.25, 0.3) is 11.3 Å². The molecule has 176 valence electrons. The third-order valence-electron chi connectivity index (χ3n) is 5.55. The Morgan fingerprint density at radius 1 is 0.971 bits per heavy atom. The van der Waals surface area contributed by atoms with E-state index in [2.05, 4.69) is 49.8 Å². The summed E-state index contributed by atoms with van der Waals surface area (Å²) in [5.41, 5.74) is 1.71. The number of hydrogen-bond donors (Lipinski definition) is 3. The zero-order chi connectivity index (χ0) is 23.5. The van der Waals surface area contributed by atoms with E-state index in [4.69, 9.17) is 33.2 Å². The molecule has 1 fully saturated rings. The lowest BCUT2D eigenvalue weighted by molar-refractivity contribution is 0.212. The van der Waals surface area contributed by atoms with Crippen LogP contribution in [-0.4, -0.2) is 70.6 Å². The highest BCUT2D eigenvalue weighted by Gasteiger charge is 2.24. The highest BCUT2D eigenvalue weighted by Crippen LogP contribution is 2.29. The first kappa shape index (κ1) is 23.0. The molecular weight excluding hydrogens is 491 g/mol. The van der Waals surface area contributed by atoms with Crippen molar-refractivity contribution >= 4 is 51.9 Å². The number of likely N-dealkylation sites (N-methyl/N-ethyl adjacent to an activating group) is 1. The molecule has 1 aromatic heterocycles. The number of rotatable bonds is 4. The average molecular weight is 515 g/mol. The standard InChI is InChI=1S/C23H24Cl2N8S/c1-32-9-11-33(12-10-32)22-27-21(28-23(29-22)34-16-5-3-2-4-6-16)26-20-14-19(30-31-20)15-7-8-17(24)18(25)13-15/h2-8,13-14,21H,9-12H2,1H3,(H2,26,30,31)(H,27,28,29). The van der Waals surface area contributed by atoms with Crippen LogP contribution in [0, 0.1) is 0 Å². The molecule has 0 spiro atoms. The Bertz CT molecular complexity index is 1200. The number of aromatic nitrogens is 2. The van der Waals surface area contributed by atoms with E-state index >= 15 is 0 Å². The zero-order valence-electron chi connectivity index (χ0n) is 18.5. The summed E-state index contributed by atoms with van der Waals surface area (Å²) in [6.07, 6.45) is -0.507. The van der Waals surface area contributed by atoms with Crippen LogP contribution in [-0.2, 0) is 0 Å². The molecule has 0 radical (unpaired) electrons. The van der Waals surface area contributed by atoms with Gasteiger partial charge in [-0.2, -0.15) is 5.10 Å². The van der Waals surface area contributed by atoms with Crippen molar-refractivity contribution in [1.29, 1.82) is 0 Å². The highest BCUT2D eigenvalue weighted by atomic mass is 35.5. The molecule has 0 bridgehead atoms. The molecule has 1 saturated heterocycles. The smallest absolute Gasteiger partial charge is 0.221 e. The molecular formula is C23H24Cl2N8S. The number of hydrogen-bond acceptors (Lipinski definition) is 8. The van der Waals surface area contributed by atoms with Crippen LogP contribution in [0.15, 0.2) is 69.5 Å². The molecule has 1 unspecified atom stereocenters. The van der Waals surface area contributed by atoms with Crippen molar-refractivity contribution < 1.29 is 0 Å². The Kier molecular flexibility index (Phi) is 6.96. The summed E-state index contributed by atoms with van der Waals surface area (Å²) in [5.74, 6) is 1.46.